The number of thiazole rings is 1. The van der Waals surface area contributed by atoms with Gasteiger partial charge in [-0.3, -0.25) is 9.59 Å². The Balaban J connectivity index is 1.44. The Kier molecular flexibility index (Phi) is 8.01. The van der Waals surface area contributed by atoms with Gasteiger partial charge in [-0.05, 0) is 29.8 Å². The summed E-state index contributed by atoms with van der Waals surface area (Å²) in [7, 11) is -0.936. The molecule has 10 nitrogen and oxygen atoms in total. The van der Waals surface area contributed by atoms with E-state index in [0.29, 0.717) is 29.5 Å². The van der Waals surface area contributed by atoms with Gasteiger partial charge in [-0.15, -0.1) is 0 Å². The summed E-state index contributed by atoms with van der Waals surface area (Å²) in [6.45, 7) is 1.32. The van der Waals surface area contributed by atoms with Gasteiger partial charge in [0.25, 0.3) is 5.91 Å². The molecule has 0 fully saturated rings. The predicted molar refractivity (Wildman–Crippen MR) is 149 cm³/mol. The zero-order valence-electron chi connectivity index (χ0n) is 21.9. The number of amides is 1. The summed E-state index contributed by atoms with van der Waals surface area (Å²) in [5, 5.41) is 0. The molecule has 1 amide bonds. The lowest BCUT2D eigenvalue weighted by Gasteiger charge is -2.18. The summed E-state index contributed by atoms with van der Waals surface area (Å²) >= 11 is 1.28. The number of aryl methyl sites for hydroxylation is 1. The number of ether oxygens (including phenoxy) is 3. The minimum absolute atomic E-state index is 0.0723. The van der Waals surface area contributed by atoms with Crippen molar-refractivity contribution in [2.45, 2.75) is 24.4 Å². The standard InChI is InChI=1S/C28H27N3O7S2/c1-30(18-19-6-4-3-5-7-19)40(34,35)21-10-8-20(9-11-21)27(33)29-28-31(13-12-26(32)36-2)22-16-23-24(17-25(22)39-28)38-15-14-37-23/h3-11,16-17H,12-15,18H2,1-2H3. The average molecular weight is 582 g/mol. The van der Waals surface area contributed by atoms with Crippen molar-refractivity contribution in [3.63, 3.8) is 0 Å². The predicted octanol–water partition coefficient (Wildman–Crippen LogP) is 3.60. The summed E-state index contributed by atoms with van der Waals surface area (Å²) in [4.78, 5) is 29.8. The number of methoxy groups -OCH3 is 1. The number of sulfonamides is 1. The van der Waals surface area contributed by atoms with Crippen LogP contribution in [0.4, 0.5) is 0 Å². The van der Waals surface area contributed by atoms with Crippen LogP contribution in [0.25, 0.3) is 10.2 Å². The van der Waals surface area contributed by atoms with Crippen molar-refractivity contribution < 1.29 is 32.2 Å². The monoisotopic (exact) mass is 581 g/mol. The van der Waals surface area contributed by atoms with Crippen LogP contribution >= 0.6 is 11.3 Å². The SMILES string of the molecule is COC(=O)CCn1c(=NC(=O)c2ccc(S(=O)(=O)N(C)Cc3ccccc3)cc2)sc2cc3c(cc21)OCCO3. The van der Waals surface area contributed by atoms with Crippen LogP contribution in [0.3, 0.4) is 0 Å². The Morgan fingerprint density at radius 2 is 1.70 bits per heavy atom. The van der Waals surface area contributed by atoms with E-state index in [2.05, 4.69) is 4.99 Å². The lowest BCUT2D eigenvalue weighted by molar-refractivity contribution is -0.140. The number of benzene rings is 3. The second-order valence-corrected chi connectivity index (χ2v) is 12.1. The molecular formula is C28H27N3O7S2. The van der Waals surface area contributed by atoms with Gasteiger partial charge in [-0.1, -0.05) is 41.7 Å². The molecule has 1 aliphatic heterocycles. The fourth-order valence-corrected chi connectivity index (χ4v) is 6.46. The molecule has 0 saturated heterocycles. The Bertz CT molecular complexity index is 1730. The average Bonchev–Trinajstić information content (AvgIpc) is 3.30. The molecule has 0 bridgehead atoms. The van der Waals surface area contributed by atoms with E-state index in [-0.39, 0.29) is 30.0 Å². The third-order valence-corrected chi connectivity index (χ3v) is 9.23. The van der Waals surface area contributed by atoms with Crippen LogP contribution in [0.15, 0.2) is 76.6 Å². The number of carbonyl (C=O) groups is 2. The molecular weight excluding hydrogens is 554 g/mol. The quantitative estimate of drug-likeness (QED) is 0.292. The summed E-state index contributed by atoms with van der Waals surface area (Å²) in [6.07, 6.45) is 0.0845. The Morgan fingerprint density at radius 3 is 2.38 bits per heavy atom. The molecule has 1 aliphatic rings. The normalized spacial score (nSPS) is 13.5. The van der Waals surface area contributed by atoms with Crippen LogP contribution in [0.1, 0.15) is 22.3 Å². The van der Waals surface area contributed by atoms with Gasteiger partial charge in [0.1, 0.15) is 13.2 Å². The highest BCUT2D eigenvalue weighted by molar-refractivity contribution is 7.89. The van der Waals surface area contributed by atoms with Gasteiger partial charge in [-0.2, -0.15) is 9.30 Å². The van der Waals surface area contributed by atoms with E-state index < -0.39 is 21.9 Å². The molecule has 0 unspecified atom stereocenters. The van der Waals surface area contributed by atoms with E-state index in [9.17, 15) is 18.0 Å². The van der Waals surface area contributed by atoms with Gasteiger partial charge in [0.05, 0.1) is 28.6 Å². The molecule has 0 radical (unpaired) electrons. The Morgan fingerprint density at radius 1 is 1.02 bits per heavy atom. The summed E-state index contributed by atoms with van der Waals surface area (Å²) < 4.78 is 46.2. The maximum absolute atomic E-state index is 13.2. The fourth-order valence-electron chi connectivity index (χ4n) is 4.24. The van der Waals surface area contributed by atoms with Crippen LogP contribution in [0.2, 0.25) is 0 Å². The minimum Gasteiger partial charge on any atom is -0.486 e. The highest BCUT2D eigenvalue weighted by atomic mass is 32.2. The molecule has 2 heterocycles. The van der Waals surface area contributed by atoms with Crippen LogP contribution in [0.5, 0.6) is 11.5 Å². The van der Waals surface area contributed by atoms with Crippen molar-refractivity contribution in [1.82, 2.24) is 8.87 Å². The first-order valence-corrected chi connectivity index (χ1v) is 14.7. The van der Waals surface area contributed by atoms with Crippen molar-refractivity contribution >= 4 is 43.5 Å². The molecule has 4 aromatic rings. The van der Waals surface area contributed by atoms with Crippen molar-refractivity contribution in [2.75, 3.05) is 27.4 Å². The topological polar surface area (TPSA) is 117 Å². The molecule has 0 saturated carbocycles. The number of aromatic nitrogens is 1. The fraction of sp³-hybridized carbons (Fsp3) is 0.250. The van der Waals surface area contributed by atoms with E-state index >= 15 is 0 Å². The van der Waals surface area contributed by atoms with Gasteiger partial charge in [0.15, 0.2) is 16.3 Å². The van der Waals surface area contributed by atoms with Crippen LogP contribution in [-0.4, -0.2) is 56.5 Å². The molecule has 0 atom stereocenters. The lowest BCUT2D eigenvalue weighted by atomic mass is 10.2. The van der Waals surface area contributed by atoms with E-state index in [4.69, 9.17) is 14.2 Å². The van der Waals surface area contributed by atoms with E-state index in [1.807, 2.05) is 42.5 Å². The first-order valence-electron chi connectivity index (χ1n) is 12.5. The summed E-state index contributed by atoms with van der Waals surface area (Å²) in [5.41, 5.74) is 1.84. The van der Waals surface area contributed by atoms with Crippen LogP contribution in [0, 0.1) is 0 Å². The Labute approximate surface area is 235 Å². The van der Waals surface area contributed by atoms with Gasteiger partial charge >= 0.3 is 5.97 Å². The maximum atomic E-state index is 13.2. The van der Waals surface area contributed by atoms with Crippen molar-refractivity contribution in [3.8, 4) is 11.5 Å². The zero-order valence-corrected chi connectivity index (χ0v) is 23.5. The number of nitrogens with zero attached hydrogens (tertiary/aromatic N) is 3. The van der Waals surface area contributed by atoms with Gasteiger partial charge in [0.2, 0.25) is 10.0 Å². The Hall–Kier alpha value is -4.00. The van der Waals surface area contributed by atoms with Crippen molar-refractivity contribution in [1.29, 1.82) is 0 Å². The lowest BCUT2D eigenvalue weighted by Crippen LogP contribution is -2.26. The summed E-state index contributed by atoms with van der Waals surface area (Å²) in [5.74, 6) is 0.246. The first kappa shape index (κ1) is 27.6. The molecule has 40 heavy (non-hydrogen) atoms. The zero-order chi connectivity index (χ0) is 28.3. The third-order valence-electron chi connectivity index (χ3n) is 6.37. The van der Waals surface area contributed by atoms with Crippen molar-refractivity contribution in [3.05, 3.63) is 82.7 Å². The number of esters is 1. The van der Waals surface area contributed by atoms with Crippen LogP contribution < -0.4 is 14.3 Å². The first-order chi connectivity index (χ1) is 19.3. The third kappa shape index (κ3) is 5.79. The number of hydrogen-bond acceptors (Lipinski definition) is 8. The number of hydrogen-bond donors (Lipinski definition) is 0. The molecule has 0 spiro atoms. The van der Waals surface area contributed by atoms with E-state index in [1.54, 1.807) is 4.57 Å². The highest BCUT2D eigenvalue weighted by Gasteiger charge is 2.22. The summed E-state index contributed by atoms with van der Waals surface area (Å²) in [6, 6.07) is 18.6. The second-order valence-electron chi connectivity index (χ2n) is 9.01. The number of fused-ring (bicyclic) bond motifs is 2. The van der Waals surface area contributed by atoms with Crippen LogP contribution in [-0.2, 0) is 32.6 Å². The van der Waals surface area contributed by atoms with E-state index in [1.165, 1.54) is 54.1 Å². The second kappa shape index (κ2) is 11.6. The molecule has 208 valence electrons. The smallest absolute Gasteiger partial charge is 0.307 e. The van der Waals surface area contributed by atoms with Gasteiger partial charge in [-0.25, -0.2) is 8.42 Å². The maximum Gasteiger partial charge on any atom is 0.307 e. The molecule has 0 N–H and O–H groups in total. The molecule has 0 aliphatic carbocycles. The van der Waals surface area contributed by atoms with E-state index in [0.717, 1.165) is 15.8 Å². The minimum atomic E-state index is -3.77. The molecule has 5 rings (SSSR count). The van der Waals surface area contributed by atoms with Gasteiger partial charge < -0.3 is 18.8 Å². The molecule has 1 aromatic heterocycles. The van der Waals surface area contributed by atoms with Gasteiger partial charge in [0, 0.05) is 37.8 Å². The molecule has 3 aromatic carbocycles. The highest BCUT2D eigenvalue weighted by Crippen LogP contribution is 2.35. The van der Waals surface area contributed by atoms with Crippen molar-refractivity contribution in [2.24, 2.45) is 4.99 Å². The number of carbonyl (C=O) groups excluding carboxylic acids is 2. The molecule has 12 heteroatoms. The number of rotatable bonds is 8. The largest absolute Gasteiger partial charge is 0.486 e.